The third kappa shape index (κ3) is 5.25. The summed E-state index contributed by atoms with van der Waals surface area (Å²) in [6.45, 7) is 0. The van der Waals surface area contributed by atoms with Crippen LogP contribution in [0.25, 0.3) is 0 Å². The van der Waals surface area contributed by atoms with E-state index in [9.17, 15) is 25.0 Å². The zero-order valence-corrected chi connectivity index (χ0v) is 17.8. The third-order valence-corrected chi connectivity index (χ3v) is 5.86. The lowest BCUT2D eigenvalue weighted by Gasteiger charge is -2.24. The Kier molecular flexibility index (Phi) is 6.87. The molecule has 0 fully saturated rings. The highest BCUT2D eigenvalue weighted by Crippen LogP contribution is 2.36. The minimum absolute atomic E-state index is 0.000783. The summed E-state index contributed by atoms with van der Waals surface area (Å²) in [7, 11) is 0. The Balaban J connectivity index is 1.78. The van der Waals surface area contributed by atoms with Crippen LogP contribution in [0.3, 0.4) is 0 Å². The van der Waals surface area contributed by atoms with E-state index < -0.39 is 10.8 Å². The number of benzene rings is 2. The molecule has 2 amide bonds. The molecule has 3 rings (SSSR count). The number of rotatable bonds is 6. The molecule has 8 nitrogen and oxygen atoms in total. The lowest BCUT2D eigenvalue weighted by atomic mass is 9.87. The molecule has 10 heteroatoms. The van der Waals surface area contributed by atoms with Crippen LogP contribution in [0, 0.1) is 21.4 Å². The number of nitro benzene ring substituents is 1. The second kappa shape index (κ2) is 9.56. The van der Waals surface area contributed by atoms with Gasteiger partial charge >= 0.3 is 0 Å². The minimum Gasteiger partial charge on any atom is -0.325 e. The van der Waals surface area contributed by atoms with Crippen molar-refractivity contribution in [3.63, 3.8) is 0 Å². The smallest absolute Gasteiger partial charge is 0.269 e. The van der Waals surface area contributed by atoms with Crippen LogP contribution in [0.15, 0.2) is 63.6 Å². The minimum atomic E-state index is -0.610. The van der Waals surface area contributed by atoms with Crippen LogP contribution in [0.1, 0.15) is 17.9 Å². The molecule has 1 aliphatic heterocycles. The van der Waals surface area contributed by atoms with Crippen LogP contribution < -0.4 is 10.6 Å². The Labute approximate surface area is 184 Å². The monoisotopic (exact) mass is 486 g/mol. The molecule has 0 radical (unpaired) electrons. The largest absolute Gasteiger partial charge is 0.325 e. The van der Waals surface area contributed by atoms with E-state index in [0.717, 1.165) is 16.2 Å². The first-order valence-corrected chi connectivity index (χ1v) is 10.5. The van der Waals surface area contributed by atoms with Crippen molar-refractivity contribution in [3.8, 4) is 6.07 Å². The predicted molar refractivity (Wildman–Crippen MR) is 116 cm³/mol. The Morgan fingerprint density at radius 1 is 1.33 bits per heavy atom. The molecule has 1 heterocycles. The fourth-order valence-corrected chi connectivity index (χ4v) is 4.08. The number of amides is 2. The van der Waals surface area contributed by atoms with Crippen molar-refractivity contribution in [1.82, 2.24) is 5.32 Å². The van der Waals surface area contributed by atoms with E-state index >= 15 is 0 Å². The summed E-state index contributed by atoms with van der Waals surface area (Å²) in [4.78, 5) is 35.0. The van der Waals surface area contributed by atoms with Crippen molar-refractivity contribution in [2.45, 2.75) is 12.3 Å². The summed E-state index contributed by atoms with van der Waals surface area (Å²) in [5.74, 6) is -1.24. The van der Waals surface area contributed by atoms with E-state index in [1.54, 1.807) is 30.3 Å². The maximum absolute atomic E-state index is 12.3. The highest BCUT2D eigenvalue weighted by molar-refractivity contribution is 9.10. The number of allylic oxidation sites excluding steroid dienone is 1. The predicted octanol–water partition coefficient (Wildman–Crippen LogP) is 4.07. The Morgan fingerprint density at radius 2 is 2.07 bits per heavy atom. The van der Waals surface area contributed by atoms with Gasteiger partial charge in [-0.25, -0.2) is 0 Å². The van der Waals surface area contributed by atoms with Crippen molar-refractivity contribution in [2.24, 2.45) is 0 Å². The van der Waals surface area contributed by atoms with Crippen molar-refractivity contribution >= 4 is 50.9 Å². The van der Waals surface area contributed by atoms with E-state index in [1.165, 1.54) is 18.2 Å². The topological polar surface area (TPSA) is 125 Å². The van der Waals surface area contributed by atoms with E-state index in [4.69, 9.17) is 0 Å². The molecule has 1 atom stereocenters. The van der Waals surface area contributed by atoms with Gasteiger partial charge < -0.3 is 10.6 Å². The van der Waals surface area contributed by atoms with Crippen LogP contribution in [-0.4, -0.2) is 22.5 Å². The number of hydrogen-bond donors (Lipinski definition) is 2. The number of nitrogens with zero attached hydrogens (tertiary/aromatic N) is 2. The average Bonchev–Trinajstić information content (AvgIpc) is 2.73. The maximum Gasteiger partial charge on any atom is 0.269 e. The van der Waals surface area contributed by atoms with Crippen molar-refractivity contribution in [1.29, 1.82) is 5.26 Å². The van der Waals surface area contributed by atoms with Gasteiger partial charge in [-0.2, -0.15) is 5.26 Å². The van der Waals surface area contributed by atoms with E-state index in [0.29, 0.717) is 11.3 Å². The van der Waals surface area contributed by atoms with Gasteiger partial charge in [0.05, 0.1) is 27.3 Å². The fourth-order valence-electron chi connectivity index (χ4n) is 2.94. The second-order valence-electron chi connectivity index (χ2n) is 6.36. The molecule has 1 aliphatic rings. The van der Waals surface area contributed by atoms with Gasteiger partial charge in [-0.3, -0.25) is 19.7 Å². The Bertz CT molecular complexity index is 1080. The average molecular weight is 487 g/mol. The third-order valence-electron chi connectivity index (χ3n) is 4.31. The molecule has 2 aromatic carbocycles. The lowest BCUT2D eigenvalue weighted by molar-refractivity contribution is -0.384. The van der Waals surface area contributed by atoms with Crippen LogP contribution in [0.2, 0.25) is 0 Å². The number of non-ortho nitro benzene ring substituents is 1. The number of carbonyl (C=O) groups excluding carboxylic acids is 2. The summed E-state index contributed by atoms with van der Waals surface area (Å²) < 4.78 is 0.885. The number of anilines is 1. The van der Waals surface area contributed by atoms with Gasteiger partial charge in [0, 0.05) is 34.6 Å². The van der Waals surface area contributed by atoms with Crippen LogP contribution in [-0.2, 0) is 9.59 Å². The molecular weight excluding hydrogens is 472 g/mol. The number of thioether (sulfide) groups is 1. The maximum atomic E-state index is 12.3. The molecule has 2 N–H and O–H groups in total. The van der Waals surface area contributed by atoms with Crippen LogP contribution >= 0.6 is 27.7 Å². The molecule has 0 unspecified atom stereocenters. The molecule has 0 bridgehead atoms. The molecule has 30 heavy (non-hydrogen) atoms. The first-order valence-electron chi connectivity index (χ1n) is 8.74. The SMILES string of the molecule is N#CC1=C(SCC(=O)Nc2ccc(Br)cc2)NC(=O)C[C@H]1c1cccc([N+](=O)[O-])c1. The number of nitriles is 1. The Hall–Kier alpha value is -3.16. The van der Waals surface area contributed by atoms with Crippen molar-refractivity contribution in [2.75, 3.05) is 11.1 Å². The summed E-state index contributed by atoms with van der Waals surface area (Å²) >= 11 is 4.36. The summed E-state index contributed by atoms with van der Waals surface area (Å²) in [5, 5.41) is 26.4. The standard InChI is InChI=1S/C20H15BrN4O4S/c21-13-4-6-14(7-5-13)23-19(27)11-30-20-17(10-22)16(9-18(26)24-20)12-2-1-3-15(8-12)25(28)29/h1-8,16H,9,11H2,(H,23,27)(H,24,26)/t16-/m0/s1. The van der Waals surface area contributed by atoms with E-state index in [-0.39, 0.29) is 40.3 Å². The fraction of sp³-hybridized carbons (Fsp3) is 0.150. The van der Waals surface area contributed by atoms with Crippen molar-refractivity contribution < 1.29 is 14.5 Å². The van der Waals surface area contributed by atoms with Crippen LogP contribution in [0.5, 0.6) is 0 Å². The summed E-state index contributed by atoms with van der Waals surface area (Å²) in [6.07, 6.45) is -0.000783. The van der Waals surface area contributed by atoms with Gasteiger partial charge in [0.2, 0.25) is 11.8 Å². The van der Waals surface area contributed by atoms with Gasteiger partial charge in [0.15, 0.2) is 0 Å². The quantitative estimate of drug-likeness (QED) is 0.468. The number of nitrogens with one attached hydrogen (secondary N) is 2. The molecular formula is C20H15BrN4O4S. The zero-order valence-electron chi connectivity index (χ0n) is 15.4. The first-order chi connectivity index (χ1) is 14.4. The molecule has 0 saturated heterocycles. The molecule has 0 spiro atoms. The van der Waals surface area contributed by atoms with Gasteiger partial charge in [-0.15, -0.1) is 0 Å². The molecule has 152 valence electrons. The van der Waals surface area contributed by atoms with E-state index in [1.807, 2.05) is 0 Å². The summed E-state index contributed by atoms with van der Waals surface area (Å²) in [6, 6.07) is 15.1. The zero-order chi connectivity index (χ0) is 21.7. The number of halogens is 1. The normalized spacial score (nSPS) is 15.9. The second-order valence-corrected chi connectivity index (χ2v) is 8.26. The summed E-state index contributed by atoms with van der Waals surface area (Å²) in [5.41, 5.74) is 1.30. The van der Waals surface area contributed by atoms with Gasteiger partial charge in [0.1, 0.15) is 0 Å². The van der Waals surface area contributed by atoms with E-state index in [2.05, 4.69) is 32.6 Å². The van der Waals surface area contributed by atoms with Crippen LogP contribution in [0.4, 0.5) is 11.4 Å². The number of carbonyl (C=O) groups is 2. The van der Waals surface area contributed by atoms with Gasteiger partial charge in [0.25, 0.3) is 5.69 Å². The van der Waals surface area contributed by atoms with Gasteiger partial charge in [-0.05, 0) is 29.8 Å². The molecule has 0 aliphatic carbocycles. The number of nitro groups is 1. The molecule has 0 aromatic heterocycles. The number of hydrogen-bond acceptors (Lipinski definition) is 6. The highest BCUT2D eigenvalue weighted by Gasteiger charge is 2.30. The lowest BCUT2D eigenvalue weighted by Crippen LogP contribution is -2.31. The molecule has 0 saturated carbocycles. The van der Waals surface area contributed by atoms with Crippen molar-refractivity contribution in [3.05, 3.63) is 79.3 Å². The van der Waals surface area contributed by atoms with Gasteiger partial charge in [-0.1, -0.05) is 39.8 Å². The highest BCUT2D eigenvalue weighted by atomic mass is 79.9. The first kappa shape index (κ1) is 21.5. The Morgan fingerprint density at radius 3 is 2.73 bits per heavy atom. The molecule has 2 aromatic rings.